The molecule has 29 heavy (non-hydrogen) atoms. The number of halogens is 1. The summed E-state index contributed by atoms with van der Waals surface area (Å²) in [6.45, 7) is 2.35. The van der Waals surface area contributed by atoms with Gasteiger partial charge >= 0.3 is 12.1 Å². The van der Waals surface area contributed by atoms with Crippen molar-refractivity contribution >= 4 is 40.1 Å². The highest BCUT2D eigenvalue weighted by Gasteiger charge is 2.27. The minimum atomic E-state index is -0.580. The Morgan fingerprint density at radius 3 is 2.66 bits per heavy atom. The molecule has 1 aliphatic rings. The Balaban J connectivity index is 1.69. The van der Waals surface area contributed by atoms with Crippen molar-refractivity contribution < 1.29 is 19.1 Å². The van der Waals surface area contributed by atoms with Gasteiger partial charge < -0.3 is 14.5 Å². The number of carbonyl (C=O) groups excluding carboxylic acids is 2. The number of H-pyrrole nitrogens is 1. The predicted octanol–water partition coefficient (Wildman–Crippen LogP) is 4.78. The average molecular weight is 411 g/mol. The second-order valence-electron chi connectivity index (χ2n) is 6.55. The highest BCUT2D eigenvalue weighted by atomic mass is 35.5. The fourth-order valence-corrected chi connectivity index (χ4v) is 3.50. The normalized spacial score (nSPS) is 13.4. The third kappa shape index (κ3) is 3.84. The molecule has 4 rings (SSSR count). The van der Waals surface area contributed by atoms with E-state index < -0.39 is 12.1 Å². The largest absolute Gasteiger partial charge is 0.462 e. The lowest BCUT2D eigenvalue weighted by Crippen LogP contribution is -2.30. The Bertz CT molecular complexity index is 1100. The number of aromatic amines is 1. The van der Waals surface area contributed by atoms with Crippen LogP contribution in [0.4, 0.5) is 4.79 Å². The van der Waals surface area contributed by atoms with Gasteiger partial charge in [0.1, 0.15) is 5.75 Å². The second kappa shape index (κ2) is 8.01. The predicted molar refractivity (Wildman–Crippen MR) is 111 cm³/mol. The summed E-state index contributed by atoms with van der Waals surface area (Å²) < 4.78 is 10.7. The highest BCUT2D eigenvalue weighted by Crippen LogP contribution is 2.31. The van der Waals surface area contributed by atoms with Crippen molar-refractivity contribution in [2.24, 2.45) is 0 Å². The maximum atomic E-state index is 12.7. The van der Waals surface area contributed by atoms with Gasteiger partial charge in [-0.3, -0.25) is 4.90 Å². The summed E-state index contributed by atoms with van der Waals surface area (Å²) in [5, 5.41) is 1.57. The molecule has 1 aromatic heterocycles. The molecular formula is C22H19ClN2O4. The Hall–Kier alpha value is -3.25. The molecular weight excluding hydrogens is 392 g/mol. The average Bonchev–Trinajstić information content (AvgIpc) is 2.97. The van der Waals surface area contributed by atoms with Gasteiger partial charge in [0.25, 0.3) is 0 Å². The Labute approximate surface area is 172 Å². The van der Waals surface area contributed by atoms with E-state index in [1.807, 2.05) is 24.3 Å². The summed E-state index contributed by atoms with van der Waals surface area (Å²) >= 11 is 5.87. The molecule has 3 aromatic rings. The molecule has 2 heterocycles. The number of amides is 1. The van der Waals surface area contributed by atoms with Crippen LogP contribution in [0.25, 0.3) is 16.5 Å². The van der Waals surface area contributed by atoms with E-state index in [0.29, 0.717) is 35.0 Å². The number of hydrogen-bond acceptors (Lipinski definition) is 4. The quantitative estimate of drug-likeness (QED) is 0.630. The Morgan fingerprint density at radius 1 is 1.14 bits per heavy atom. The number of hydrogen-bond donors (Lipinski definition) is 1. The SMILES string of the molecule is CCOC(=O)C1=CN(C(=O)Oc2ccc(Cl)cc2)CCc2c1[nH]c1ccccc21. The number of ether oxygens (including phenoxy) is 2. The number of rotatable bonds is 3. The van der Waals surface area contributed by atoms with Gasteiger partial charge in [-0.25, -0.2) is 9.59 Å². The molecule has 1 N–H and O–H groups in total. The van der Waals surface area contributed by atoms with E-state index in [4.69, 9.17) is 21.1 Å². The van der Waals surface area contributed by atoms with Crippen LogP contribution in [0.2, 0.25) is 5.02 Å². The van der Waals surface area contributed by atoms with E-state index in [1.54, 1.807) is 31.2 Å². The minimum Gasteiger partial charge on any atom is -0.462 e. The molecule has 0 saturated heterocycles. The monoisotopic (exact) mass is 410 g/mol. The summed E-state index contributed by atoms with van der Waals surface area (Å²) in [6, 6.07) is 14.3. The first-order chi connectivity index (χ1) is 14.1. The Morgan fingerprint density at radius 2 is 1.90 bits per heavy atom. The summed E-state index contributed by atoms with van der Waals surface area (Å²) in [5.74, 6) is -0.120. The van der Waals surface area contributed by atoms with Crippen molar-refractivity contribution in [1.82, 2.24) is 9.88 Å². The lowest BCUT2D eigenvalue weighted by molar-refractivity contribution is -0.136. The summed E-state index contributed by atoms with van der Waals surface area (Å²) in [6.07, 6.45) is 1.48. The van der Waals surface area contributed by atoms with Crippen LogP contribution in [-0.2, 0) is 16.0 Å². The van der Waals surface area contributed by atoms with E-state index in [2.05, 4.69) is 4.98 Å². The number of nitrogens with zero attached hydrogens (tertiary/aromatic N) is 1. The molecule has 2 aromatic carbocycles. The molecule has 1 amide bonds. The van der Waals surface area contributed by atoms with Gasteiger partial charge in [-0.1, -0.05) is 29.8 Å². The summed E-state index contributed by atoms with van der Waals surface area (Å²) in [7, 11) is 0. The van der Waals surface area contributed by atoms with Gasteiger partial charge in [0, 0.05) is 28.7 Å². The highest BCUT2D eigenvalue weighted by molar-refractivity contribution is 6.30. The van der Waals surface area contributed by atoms with E-state index in [1.165, 1.54) is 11.1 Å². The van der Waals surface area contributed by atoms with Crippen LogP contribution in [0, 0.1) is 0 Å². The van der Waals surface area contributed by atoms with Crippen LogP contribution >= 0.6 is 11.6 Å². The molecule has 0 atom stereocenters. The fraction of sp³-hybridized carbons (Fsp3) is 0.182. The maximum absolute atomic E-state index is 12.7. The van der Waals surface area contributed by atoms with Crippen molar-refractivity contribution in [2.75, 3.05) is 13.2 Å². The molecule has 148 valence electrons. The maximum Gasteiger partial charge on any atom is 0.419 e. The van der Waals surface area contributed by atoms with Gasteiger partial charge in [-0.15, -0.1) is 0 Å². The summed E-state index contributed by atoms with van der Waals surface area (Å²) in [5.41, 5.74) is 2.88. The first-order valence-corrected chi connectivity index (χ1v) is 9.67. The van der Waals surface area contributed by atoms with Gasteiger partial charge in [-0.05, 0) is 49.2 Å². The lowest BCUT2D eigenvalue weighted by Gasteiger charge is -2.17. The smallest absolute Gasteiger partial charge is 0.419 e. The van der Waals surface area contributed by atoms with E-state index in [-0.39, 0.29) is 6.61 Å². The van der Waals surface area contributed by atoms with Crippen molar-refractivity contribution in [3.8, 4) is 5.75 Å². The molecule has 7 heteroatoms. The van der Waals surface area contributed by atoms with Crippen LogP contribution in [0.15, 0.2) is 54.7 Å². The van der Waals surface area contributed by atoms with Crippen LogP contribution in [0.3, 0.4) is 0 Å². The van der Waals surface area contributed by atoms with Crippen molar-refractivity contribution in [2.45, 2.75) is 13.3 Å². The zero-order valence-electron chi connectivity index (χ0n) is 15.8. The number of aromatic nitrogens is 1. The summed E-state index contributed by atoms with van der Waals surface area (Å²) in [4.78, 5) is 30.1. The third-order valence-electron chi connectivity index (χ3n) is 4.72. The third-order valence-corrected chi connectivity index (χ3v) is 4.97. The number of esters is 1. The fourth-order valence-electron chi connectivity index (χ4n) is 3.38. The molecule has 6 nitrogen and oxygen atoms in total. The number of nitrogens with one attached hydrogen (secondary N) is 1. The molecule has 0 bridgehead atoms. The molecule has 0 radical (unpaired) electrons. The van der Waals surface area contributed by atoms with Gasteiger partial charge in [0.2, 0.25) is 0 Å². The number of benzene rings is 2. The van der Waals surface area contributed by atoms with Gasteiger partial charge in [0.15, 0.2) is 0 Å². The lowest BCUT2D eigenvalue weighted by atomic mass is 10.0. The van der Waals surface area contributed by atoms with Crippen molar-refractivity contribution in [1.29, 1.82) is 0 Å². The molecule has 0 unspecified atom stereocenters. The minimum absolute atomic E-state index is 0.237. The Kier molecular flexibility index (Phi) is 5.27. The second-order valence-corrected chi connectivity index (χ2v) is 6.99. The van der Waals surface area contributed by atoms with Crippen LogP contribution in [0.5, 0.6) is 5.75 Å². The topological polar surface area (TPSA) is 71.6 Å². The van der Waals surface area contributed by atoms with E-state index in [0.717, 1.165) is 16.5 Å². The molecule has 0 fully saturated rings. The van der Waals surface area contributed by atoms with Crippen LogP contribution in [0.1, 0.15) is 18.2 Å². The first-order valence-electron chi connectivity index (χ1n) is 9.29. The van der Waals surface area contributed by atoms with Crippen molar-refractivity contribution in [3.63, 3.8) is 0 Å². The van der Waals surface area contributed by atoms with Crippen molar-refractivity contribution in [3.05, 3.63) is 71.0 Å². The van der Waals surface area contributed by atoms with E-state index in [9.17, 15) is 9.59 Å². The molecule has 0 saturated carbocycles. The van der Waals surface area contributed by atoms with E-state index >= 15 is 0 Å². The zero-order valence-corrected chi connectivity index (χ0v) is 16.5. The first kappa shape index (κ1) is 19.1. The number of fused-ring (bicyclic) bond motifs is 3. The molecule has 0 spiro atoms. The van der Waals surface area contributed by atoms with Gasteiger partial charge in [-0.2, -0.15) is 0 Å². The standard InChI is InChI=1S/C22H19ClN2O4/c1-2-28-21(26)18-13-25(22(27)29-15-9-7-14(23)8-10-15)12-11-17-16-5-3-4-6-19(16)24-20(17)18/h3-10,13,24H,2,11-12H2,1H3. The zero-order chi connectivity index (χ0) is 20.4. The molecule has 0 aliphatic carbocycles. The van der Waals surface area contributed by atoms with Crippen LogP contribution < -0.4 is 4.74 Å². The van der Waals surface area contributed by atoms with Crippen LogP contribution in [-0.4, -0.2) is 35.1 Å². The molecule has 1 aliphatic heterocycles. The number of para-hydroxylation sites is 1. The number of carbonyl (C=O) groups is 2. The van der Waals surface area contributed by atoms with Gasteiger partial charge in [0.05, 0.1) is 17.9 Å².